The van der Waals surface area contributed by atoms with Gasteiger partial charge in [-0.2, -0.15) is 0 Å². The Kier molecular flexibility index (Phi) is 3.92. The number of hydrogen-bond donors (Lipinski definition) is 1. The lowest BCUT2D eigenvalue weighted by atomic mass is 9.49. The molecule has 128 valence electrons. The third-order valence-corrected chi connectivity index (χ3v) is 6.81. The van der Waals surface area contributed by atoms with E-state index in [0.717, 1.165) is 50.1 Å². The largest absolute Gasteiger partial charge is 0.372 e. The first-order valence-corrected chi connectivity index (χ1v) is 9.60. The van der Waals surface area contributed by atoms with Gasteiger partial charge in [0.1, 0.15) is 0 Å². The summed E-state index contributed by atoms with van der Waals surface area (Å²) in [5, 5.41) is 3.72. The van der Waals surface area contributed by atoms with Gasteiger partial charge in [0.25, 0.3) is 0 Å². The van der Waals surface area contributed by atoms with Gasteiger partial charge in [-0.05, 0) is 82.3 Å². The van der Waals surface area contributed by atoms with Crippen molar-refractivity contribution in [3.63, 3.8) is 0 Å². The molecule has 4 bridgehead atoms. The molecule has 5 rings (SSSR count). The molecule has 5 aliphatic rings. The Morgan fingerprint density at radius 1 is 1.04 bits per heavy atom. The van der Waals surface area contributed by atoms with E-state index in [1.807, 2.05) is 0 Å². The van der Waals surface area contributed by atoms with Crippen LogP contribution in [-0.4, -0.2) is 41.2 Å². The molecule has 4 saturated carbocycles. The lowest BCUT2D eigenvalue weighted by Gasteiger charge is -2.55. The maximum atomic E-state index is 13.1. The van der Waals surface area contributed by atoms with Crippen LogP contribution in [0.15, 0.2) is 0 Å². The highest BCUT2D eigenvalue weighted by Gasteiger charge is 2.54. The molecule has 0 aromatic rings. The molecule has 1 N–H and O–H groups in total. The number of hydrogen-bond acceptors (Lipinski definition) is 3. The molecule has 0 aromatic heterocycles. The molecular formula is C18H28N2O2S. The van der Waals surface area contributed by atoms with Crippen molar-refractivity contribution >= 4 is 23.2 Å². The topological polar surface area (TPSA) is 41.6 Å². The van der Waals surface area contributed by atoms with Crippen molar-refractivity contribution in [2.24, 2.45) is 23.2 Å². The zero-order valence-electron chi connectivity index (χ0n) is 14.2. The molecule has 4 aliphatic carbocycles. The van der Waals surface area contributed by atoms with Gasteiger partial charge in [0, 0.05) is 13.1 Å². The van der Waals surface area contributed by atoms with Gasteiger partial charge >= 0.3 is 0 Å². The minimum absolute atomic E-state index is 0.123. The summed E-state index contributed by atoms with van der Waals surface area (Å²) in [4.78, 5) is 15.2. The molecule has 0 aromatic carbocycles. The molecule has 1 amide bonds. The number of carbonyl (C=O) groups is 1. The molecule has 5 heteroatoms. The second-order valence-electron chi connectivity index (χ2n) is 8.62. The number of rotatable bonds is 1. The van der Waals surface area contributed by atoms with Crippen molar-refractivity contribution in [3.8, 4) is 0 Å². The van der Waals surface area contributed by atoms with Crippen LogP contribution < -0.4 is 5.32 Å². The van der Waals surface area contributed by atoms with Crippen LogP contribution in [0.4, 0.5) is 0 Å². The van der Waals surface area contributed by atoms with E-state index in [-0.39, 0.29) is 23.5 Å². The van der Waals surface area contributed by atoms with Gasteiger partial charge in [-0.15, -0.1) is 0 Å². The van der Waals surface area contributed by atoms with Gasteiger partial charge in [0.15, 0.2) is 5.11 Å². The van der Waals surface area contributed by atoms with E-state index in [1.54, 1.807) is 0 Å². The molecule has 0 spiro atoms. The normalized spacial score (nSPS) is 45.1. The van der Waals surface area contributed by atoms with E-state index >= 15 is 0 Å². The highest BCUT2D eigenvalue weighted by molar-refractivity contribution is 7.80. The maximum Gasteiger partial charge on any atom is 0.232 e. The Morgan fingerprint density at radius 2 is 1.52 bits per heavy atom. The Labute approximate surface area is 144 Å². The number of thiocarbonyl (C=S) groups is 1. The summed E-state index contributed by atoms with van der Waals surface area (Å²) in [6.07, 6.45) is 7.65. The Balaban J connectivity index is 1.42. The minimum Gasteiger partial charge on any atom is -0.372 e. The van der Waals surface area contributed by atoms with E-state index in [2.05, 4.69) is 24.1 Å². The zero-order chi connectivity index (χ0) is 16.2. The molecule has 2 atom stereocenters. The van der Waals surface area contributed by atoms with Crippen molar-refractivity contribution in [2.75, 3.05) is 13.1 Å². The maximum absolute atomic E-state index is 13.1. The number of nitrogens with one attached hydrogen (secondary N) is 1. The van der Waals surface area contributed by atoms with Crippen LogP contribution in [0.1, 0.15) is 52.4 Å². The van der Waals surface area contributed by atoms with Gasteiger partial charge in [0.2, 0.25) is 5.91 Å². The van der Waals surface area contributed by atoms with Crippen LogP contribution >= 0.6 is 12.2 Å². The molecule has 5 fully saturated rings. The van der Waals surface area contributed by atoms with Crippen LogP contribution in [0.25, 0.3) is 0 Å². The average molecular weight is 337 g/mol. The predicted molar refractivity (Wildman–Crippen MR) is 92.9 cm³/mol. The molecule has 23 heavy (non-hydrogen) atoms. The van der Waals surface area contributed by atoms with Gasteiger partial charge < -0.3 is 15.0 Å². The number of nitrogens with zero attached hydrogens (tertiary/aromatic N) is 1. The molecule has 4 nitrogen and oxygen atoms in total. The molecule has 1 heterocycles. The summed E-state index contributed by atoms with van der Waals surface area (Å²) < 4.78 is 5.76. The number of amides is 1. The SMILES string of the molecule is C[C@H]1CN(C(=S)NC(=O)C23CC4CC(CC(C4)C2)C3)C[C@H](C)O1. The Hall–Kier alpha value is -0.680. The summed E-state index contributed by atoms with van der Waals surface area (Å²) >= 11 is 5.55. The summed E-state index contributed by atoms with van der Waals surface area (Å²) in [7, 11) is 0. The first kappa shape index (κ1) is 15.8. The monoisotopic (exact) mass is 336 g/mol. The number of carbonyl (C=O) groups excluding carboxylic acids is 1. The molecule has 0 radical (unpaired) electrons. The first-order chi connectivity index (χ1) is 10.9. The van der Waals surface area contributed by atoms with E-state index < -0.39 is 0 Å². The van der Waals surface area contributed by atoms with Gasteiger partial charge in [-0.3, -0.25) is 4.79 Å². The average Bonchev–Trinajstić information content (AvgIpc) is 2.44. The fourth-order valence-electron chi connectivity index (χ4n) is 6.04. The van der Waals surface area contributed by atoms with E-state index in [9.17, 15) is 4.79 Å². The second kappa shape index (κ2) is 5.69. The van der Waals surface area contributed by atoms with Gasteiger partial charge in [-0.25, -0.2) is 0 Å². The quantitative estimate of drug-likeness (QED) is 0.748. The van der Waals surface area contributed by atoms with Crippen LogP contribution in [0.5, 0.6) is 0 Å². The van der Waals surface area contributed by atoms with Gasteiger partial charge in [0.05, 0.1) is 17.6 Å². The second-order valence-corrected chi connectivity index (χ2v) is 9.01. The fourth-order valence-corrected chi connectivity index (χ4v) is 6.28. The van der Waals surface area contributed by atoms with Crippen molar-refractivity contribution < 1.29 is 9.53 Å². The predicted octanol–water partition coefficient (Wildman–Crippen LogP) is 2.71. The molecular weight excluding hydrogens is 308 g/mol. The van der Waals surface area contributed by atoms with Gasteiger partial charge in [-0.1, -0.05) is 0 Å². The minimum atomic E-state index is -0.123. The smallest absolute Gasteiger partial charge is 0.232 e. The summed E-state index contributed by atoms with van der Waals surface area (Å²) in [6, 6.07) is 0. The molecule has 0 unspecified atom stereocenters. The van der Waals surface area contributed by atoms with E-state index in [0.29, 0.717) is 5.11 Å². The lowest BCUT2D eigenvalue weighted by molar-refractivity contribution is -0.144. The third-order valence-electron chi connectivity index (χ3n) is 6.45. The number of morpholine rings is 1. The standard InChI is InChI=1S/C18H28N2O2S/c1-11-9-20(10-12(2)22-11)17(23)19-16(21)18-6-13-3-14(7-18)5-15(4-13)8-18/h11-15H,3-10H2,1-2H3,(H,19,21,23)/t11-,12-,13?,14?,15?,18?/m0/s1. The van der Waals surface area contributed by atoms with Crippen molar-refractivity contribution in [1.82, 2.24) is 10.2 Å². The lowest BCUT2D eigenvalue weighted by Crippen LogP contribution is -2.58. The van der Waals surface area contributed by atoms with Crippen LogP contribution in [0.2, 0.25) is 0 Å². The summed E-state index contributed by atoms with van der Waals surface area (Å²) in [6.45, 7) is 5.66. The van der Waals surface area contributed by atoms with Crippen molar-refractivity contribution in [2.45, 2.75) is 64.6 Å². The molecule has 1 saturated heterocycles. The van der Waals surface area contributed by atoms with Crippen LogP contribution in [0, 0.1) is 23.2 Å². The van der Waals surface area contributed by atoms with E-state index in [1.165, 1.54) is 19.3 Å². The Bertz CT molecular complexity index is 476. The van der Waals surface area contributed by atoms with Crippen LogP contribution in [-0.2, 0) is 9.53 Å². The van der Waals surface area contributed by atoms with E-state index in [4.69, 9.17) is 17.0 Å². The highest BCUT2D eigenvalue weighted by atomic mass is 32.1. The zero-order valence-corrected chi connectivity index (χ0v) is 15.0. The highest BCUT2D eigenvalue weighted by Crippen LogP contribution is 2.60. The first-order valence-electron chi connectivity index (χ1n) is 9.19. The fraction of sp³-hybridized carbons (Fsp3) is 0.889. The van der Waals surface area contributed by atoms with Crippen LogP contribution in [0.3, 0.4) is 0 Å². The Morgan fingerprint density at radius 3 is 2.00 bits per heavy atom. The summed E-state index contributed by atoms with van der Waals surface area (Å²) in [5.41, 5.74) is -0.123. The van der Waals surface area contributed by atoms with Crippen molar-refractivity contribution in [1.29, 1.82) is 0 Å². The number of ether oxygens (including phenoxy) is 1. The summed E-state index contributed by atoms with van der Waals surface area (Å²) in [5.74, 6) is 2.55. The molecule has 1 aliphatic heterocycles. The van der Waals surface area contributed by atoms with Crippen molar-refractivity contribution in [3.05, 3.63) is 0 Å². The third kappa shape index (κ3) is 2.91.